The molecule has 2 nitrogen and oxygen atoms in total. The van der Waals surface area contributed by atoms with Crippen molar-refractivity contribution in [2.24, 2.45) is 0 Å². The summed E-state index contributed by atoms with van der Waals surface area (Å²) >= 11 is 3.39. The lowest BCUT2D eigenvalue weighted by Gasteiger charge is -2.11. The molecule has 0 atom stereocenters. The van der Waals surface area contributed by atoms with E-state index in [9.17, 15) is 4.39 Å². The third-order valence-corrected chi connectivity index (χ3v) is 3.57. The van der Waals surface area contributed by atoms with Crippen LogP contribution < -0.4 is 5.32 Å². The number of benzene rings is 2. The van der Waals surface area contributed by atoms with Gasteiger partial charge in [-0.25, -0.2) is 4.39 Å². The zero-order valence-electron chi connectivity index (χ0n) is 11.3. The Balaban J connectivity index is 2.21. The van der Waals surface area contributed by atoms with Crippen molar-refractivity contribution in [1.29, 1.82) is 5.26 Å². The third-order valence-electron chi connectivity index (χ3n) is 3.08. The molecule has 0 bridgehead atoms. The monoisotopic (exact) mass is 332 g/mol. The largest absolute Gasteiger partial charge is 0.380 e. The zero-order valence-corrected chi connectivity index (χ0v) is 12.9. The fourth-order valence-electron chi connectivity index (χ4n) is 2.10. The van der Waals surface area contributed by atoms with Crippen LogP contribution in [0.15, 0.2) is 34.8 Å². The second-order valence-corrected chi connectivity index (χ2v) is 5.61. The highest BCUT2D eigenvalue weighted by Crippen LogP contribution is 2.22. The summed E-state index contributed by atoms with van der Waals surface area (Å²) in [6, 6.07) is 11.2. The van der Waals surface area contributed by atoms with E-state index in [4.69, 9.17) is 5.26 Å². The van der Waals surface area contributed by atoms with Gasteiger partial charge in [0.15, 0.2) is 0 Å². The lowest BCUT2D eigenvalue weighted by atomic mass is 10.1. The van der Waals surface area contributed by atoms with Crippen molar-refractivity contribution >= 4 is 21.6 Å². The van der Waals surface area contributed by atoms with Crippen LogP contribution in [0.2, 0.25) is 0 Å². The molecule has 2 aromatic rings. The average molecular weight is 333 g/mol. The van der Waals surface area contributed by atoms with E-state index in [0.717, 1.165) is 15.7 Å². The first kappa shape index (κ1) is 14.5. The Labute approximate surface area is 126 Å². The lowest BCUT2D eigenvalue weighted by molar-refractivity contribution is 0.608. The topological polar surface area (TPSA) is 35.8 Å². The highest BCUT2D eigenvalue weighted by atomic mass is 79.9. The molecule has 0 aliphatic heterocycles. The second-order valence-electron chi connectivity index (χ2n) is 4.70. The van der Waals surface area contributed by atoms with Gasteiger partial charge in [-0.1, -0.05) is 28.1 Å². The van der Waals surface area contributed by atoms with Gasteiger partial charge in [0.1, 0.15) is 11.9 Å². The summed E-state index contributed by atoms with van der Waals surface area (Å²) in [4.78, 5) is 0. The van der Waals surface area contributed by atoms with E-state index in [2.05, 4.69) is 27.3 Å². The molecule has 1 N–H and O–H groups in total. The van der Waals surface area contributed by atoms with Crippen LogP contribution in [0.3, 0.4) is 0 Å². The van der Waals surface area contributed by atoms with Crippen molar-refractivity contribution in [3.8, 4) is 6.07 Å². The van der Waals surface area contributed by atoms with Crippen molar-refractivity contribution in [3.05, 3.63) is 62.9 Å². The summed E-state index contributed by atoms with van der Waals surface area (Å²) in [5.74, 6) is -0.158. The molecule has 2 rings (SSSR count). The van der Waals surface area contributed by atoms with E-state index in [1.54, 1.807) is 19.9 Å². The maximum Gasteiger partial charge on any atom is 0.129 e. The van der Waals surface area contributed by atoms with E-state index in [1.165, 1.54) is 0 Å². The van der Waals surface area contributed by atoms with Gasteiger partial charge >= 0.3 is 0 Å². The van der Waals surface area contributed by atoms with Crippen molar-refractivity contribution in [2.75, 3.05) is 5.32 Å². The van der Waals surface area contributed by atoms with Gasteiger partial charge in [-0.3, -0.25) is 0 Å². The molecule has 20 heavy (non-hydrogen) atoms. The van der Waals surface area contributed by atoms with Crippen LogP contribution in [0.25, 0.3) is 0 Å². The zero-order chi connectivity index (χ0) is 14.7. The smallest absolute Gasteiger partial charge is 0.129 e. The minimum atomic E-state index is -0.158. The van der Waals surface area contributed by atoms with Crippen LogP contribution in [-0.4, -0.2) is 0 Å². The third kappa shape index (κ3) is 3.17. The summed E-state index contributed by atoms with van der Waals surface area (Å²) < 4.78 is 14.5. The minimum absolute atomic E-state index is 0.158. The Morgan fingerprint density at radius 2 is 1.85 bits per heavy atom. The second kappa shape index (κ2) is 6.06. The van der Waals surface area contributed by atoms with E-state index in [0.29, 0.717) is 23.2 Å². The summed E-state index contributed by atoms with van der Waals surface area (Å²) in [7, 11) is 0. The van der Waals surface area contributed by atoms with Gasteiger partial charge in [0.25, 0.3) is 0 Å². The molecule has 0 unspecified atom stereocenters. The molecule has 0 radical (unpaired) electrons. The van der Waals surface area contributed by atoms with Crippen molar-refractivity contribution in [1.82, 2.24) is 0 Å². The first-order valence-corrected chi connectivity index (χ1v) is 6.99. The van der Waals surface area contributed by atoms with Gasteiger partial charge < -0.3 is 5.32 Å². The van der Waals surface area contributed by atoms with Crippen molar-refractivity contribution < 1.29 is 4.39 Å². The number of hydrogen-bond acceptors (Lipinski definition) is 2. The van der Waals surface area contributed by atoms with E-state index < -0.39 is 0 Å². The highest BCUT2D eigenvalue weighted by Gasteiger charge is 2.06. The summed E-state index contributed by atoms with van der Waals surface area (Å²) in [5.41, 5.74) is 3.61. The molecule has 2 aromatic carbocycles. The number of rotatable bonds is 3. The Hall–Kier alpha value is -1.86. The normalized spacial score (nSPS) is 10.2. The predicted molar refractivity (Wildman–Crippen MR) is 82.1 cm³/mol. The Morgan fingerprint density at radius 1 is 1.20 bits per heavy atom. The first-order chi connectivity index (χ1) is 9.51. The van der Waals surface area contributed by atoms with Crippen molar-refractivity contribution in [3.63, 3.8) is 0 Å². The summed E-state index contributed by atoms with van der Waals surface area (Å²) in [6.07, 6.45) is 0. The Morgan fingerprint density at radius 3 is 2.45 bits per heavy atom. The molecular weight excluding hydrogens is 319 g/mol. The van der Waals surface area contributed by atoms with Crippen molar-refractivity contribution in [2.45, 2.75) is 20.4 Å². The number of anilines is 1. The predicted octanol–water partition coefficient (Wildman–Crippen LogP) is 4.69. The van der Waals surface area contributed by atoms with Gasteiger partial charge in [0.05, 0.1) is 11.3 Å². The number of nitriles is 1. The molecule has 0 spiro atoms. The quantitative estimate of drug-likeness (QED) is 0.885. The number of nitrogens with zero attached hydrogens (tertiary/aromatic N) is 1. The van der Waals surface area contributed by atoms with Gasteiger partial charge in [-0.2, -0.15) is 5.26 Å². The SMILES string of the molecule is Cc1cc(CNc2cc(Br)ccc2C#N)cc(C)c1F. The molecule has 0 aliphatic rings. The molecule has 0 heterocycles. The molecule has 0 saturated carbocycles. The van der Waals surface area contributed by atoms with Crippen LogP contribution in [0.5, 0.6) is 0 Å². The van der Waals surface area contributed by atoms with Gasteiger partial charge in [-0.05, 0) is 48.7 Å². The average Bonchev–Trinajstić information content (AvgIpc) is 2.42. The molecule has 0 aromatic heterocycles. The molecule has 0 saturated heterocycles. The van der Waals surface area contributed by atoms with Gasteiger partial charge in [0, 0.05) is 11.0 Å². The maximum absolute atomic E-state index is 13.6. The van der Waals surface area contributed by atoms with Gasteiger partial charge in [-0.15, -0.1) is 0 Å². The molecule has 0 aliphatic carbocycles. The summed E-state index contributed by atoms with van der Waals surface area (Å²) in [5, 5.41) is 12.3. The molecule has 4 heteroatoms. The van der Waals surface area contributed by atoms with Gasteiger partial charge in [0.2, 0.25) is 0 Å². The standard InChI is InChI=1S/C16H14BrFN2/c1-10-5-12(6-11(2)16(10)18)9-20-15-7-14(17)4-3-13(15)8-19/h3-7,20H,9H2,1-2H3. The summed E-state index contributed by atoms with van der Waals surface area (Å²) in [6.45, 7) is 4.06. The number of halogens is 2. The van der Waals surface area contributed by atoms with E-state index >= 15 is 0 Å². The molecular formula is C16H14BrFN2. The van der Waals surface area contributed by atoms with E-state index in [-0.39, 0.29) is 5.82 Å². The Kier molecular flexibility index (Phi) is 4.41. The fraction of sp³-hybridized carbons (Fsp3) is 0.188. The Bertz CT molecular complexity index is 666. The van der Waals surface area contributed by atoms with Crippen LogP contribution in [-0.2, 0) is 6.54 Å². The molecule has 0 fully saturated rings. The van der Waals surface area contributed by atoms with Crippen LogP contribution in [0.1, 0.15) is 22.3 Å². The minimum Gasteiger partial charge on any atom is -0.380 e. The number of aryl methyl sites for hydroxylation is 2. The first-order valence-electron chi connectivity index (χ1n) is 6.20. The lowest BCUT2D eigenvalue weighted by Crippen LogP contribution is -2.03. The van der Waals surface area contributed by atoms with Crippen LogP contribution in [0.4, 0.5) is 10.1 Å². The maximum atomic E-state index is 13.6. The highest BCUT2D eigenvalue weighted by molar-refractivity contribution is 9.10. The molecule has 0 amide bonds. The van der Waals surface area contributed by atoms with Crippen LogP contribution >= 0.6 is 15.9 Å². The fourth-order valence-corrected chi connectivity index (χ4v) is 2.46. The molecule has 102 valence electrons. The van der Waals surface area contributed by atoms with E-state index in [1.807, 2.05) is 24.3 Å². The van der Waals surface area contributed by atoms with Crippen LogP contribution in [0, 0.1) is 31.0 Å². The number of nitrogens with one attached hydrogen (secondary N) is 1. The number of hydrogen-bond donors (Lipinski definition) is 1.